The minimum atomic E-state index is 0.217. The molecule has 2 heteroatoms. The summed E-state index contributed by atoms with van der Waals surface area (Å²) < 4.78 is 0. The molecule has 17 heavy (non-hydrogen) atoms. The Balaban J connectivity index is 2.56. The summed E-state index contributed by atoms with van der Waals surface area (Å²) >= 11 is 0. The quantitative estimate of drug-likeness (QED) is 0.748. The first-order valence-corrected chi connectivity index (χ1v) is 7.53. The molecule has 1 aliphatic rings. The fourth-order valence-electron chi connectivity index (χ4n) is 3.26. The fraction of sp³-hybridized carbons (Fsp3) is 1.00. The maximum absolute atomic E-state index is 6.08. The highest BCUT2D eigenvalue weighted by atomic mass is 15.0. The van der Waals surface area contributed by atoms with Crippen LogP contribution >= 0.6 is 0 Å². The van der Waals surface area contributed by atoms with E-state index in [1.807, 2.05) is 0 Å². The van der Waals surface area contributed by atoms with Crippen LogP contribution in [0.25, 0.3) is 0 Å². The third kappa shape index (κ3) is 3.69. The lowest BCUT2D eigenvalue weighted by Crippen LogP contribution is -2.59. The molecule has 0 aromatic carbocycles. The van der Waals surface area contributed by atoms with Crippen LogP contribution in [0.2, 0.25) is 0 Å². The van der Waals surface area contributed by atoms with Gasteiger partial charge < -0.3 is 11.1 Å². The lowest BCUT2D eigenvalue weighted by atomic mass is 9.69. The predicted octanol–water partition coefficient (Wildman–Crippen LogP) is 3.17. The minimum absolute atomic E-state index is 0.217. The van der Waals surface area contributed by atoms with Gasteiger partial charge in [-0.05, 0) is 43.6 Å². The second-order valence-corrected chi connectivity index (χ2v) is 6.20. The Hall–Kier alpha value is -0.0800. The SMILES string of the molecule is CCC(CC)CNC1(CN)CCC(C)CC1C. The number of nitrogens with one attached hydrogen (secondary N) is 1. The minimum Gasteiger partial charge on any atom is -0.329 e. The van der Waals surface area contributed by atoms with Gasteiger partial charge in [0.15, 0.2) is 0 Å². The lowest BCUT2D eigenvalue weighted by Gasteiger charge is -2.45. The van der Waals surface area contributed by atoms with Gasteiger partial charge in [0.1, 0.15) is 0 Å². The maximum atomic E-state index is 6.08. The standard InChI is InChI=1S/C15H32N2/c1-5-14(6-2)10-17-15(11-16)8-7-12(3)9-13(15)4/h12-14,17H,5-11,16H2,1-4H3. The first kappa shape index (κ1) is 15.0. The summed E-state index contributed by atoms with van der Waals surface area (Å²) in [6.07, 6.45) is 6.46. The van der Waals surface area contributed by atoms with Crippen molar-refractivity contribution >= 4 is 0 Å². The Morgan fingerprint density at radius 2 is 1.94 bits per heavy atom. The normalized spacial score (nSPS) is 34.2. The van der Waals surface area contributed by atoms with Gasteiger partial charge in [0.05, 0.1) is 0 Å². The highest BCUT2D eigenvalue weighted by molar-refractivity contribution is 4.97. The second-order valence-electron chi connectivity index (χ2n) is 6.20. The molecule has 102 valence electrons. The molecule has 0 saturated heterocycles. The Morgan fingerprint density at radius 3 is 2.41 bits per heavy atom. The van der Waals surface area contributed by atoms with Crippen molar-refractivity contribution in [1.29, 1.82) is 0 Å². The summed E-state index contributed by atoms with van der Waals surface area (Å²) in [4.78, 5) is 0. The molecule has 0 amide bonds. The second kappa shape index (κ2) is 6.75. The number of rotatable bonds is 6. The first-order valence-electron chi connectivity index (χ1n) is 7.53. The number of nitrogens with two attached hydrogens (primary N) is 1. The maximum Gasteiger partial charge on any atom is 0.0330 e. The summed E-state index contributed by atoms with van der Waals surface area (Å²) in [5.41, 5.74) is 6.30. The molecule has 0 radical (unpaired) electrons. The van der Waals surface area contributed by atoms with Crippen molar-refractivity contribution in [2.24, 2.45) is 23.5 Å². The van der Waals surface area contributed by atoms with E-state index in [1.165, 1.54) is 32.1 Å². The van der Waals surface area contributed by atoms with Crippen LogP contribution in [-0.2, 0) is 0 Å². The molecule has 1 aliphatic carbocycles. The number of hydrogen-bond acceptors (Lipinski definition) is 2. The van der Waals surface area contributed by atoms with Gasteiger partial charge in [0.25, 0.3) is 0 Å². The van der Waals surface area contributed by atoms with Crippen LogP contribution < -0.4 is 11.1 Å². The van der Waals surface area contributed by atoms with Crippen molar-refractivity contribution in [2.75, 3.05) is 13.1 Å². The zero-order chi connectivity index (χ0) is 12.9. The van der Waals surface area contributed by atoms with Crippen LogP contribution in [-0.4, -0.2) is 18.6 Å². The molecule has 3 unspecified atom stereocenters. The van der Waals surface area contributed by atoms with Crippen molar-refractivity contribution in [2.45, 2.75) is 65.3 Å². The van der Waals surface area contributed by atoms with Gasteiger partial charge in [-0.25, -0.2) is 0 Å². The highest BCUT2D eigenvalue weighted by Crippen LogP contribution is 2.36. The van der Waals surface area contributed by atoms with Gasteiger partial charge in [-0.2, -0.15) is 0 Å². The van der Waals surface area contributed by atoms with Crippen LogP contribution in [0.4, 0.5) is 0 Å². The molecular weight excluding hydrogens is 208 g/mol. The van der Waals surface area contributed by atoms with Crippen LogP contribution in [0.1, 0.15) is 59.8 Å². The van der Waals surface area contributed by atoms with Crippen molar-refractivity contribution < 1.29 is 0 Å². The molecule has 3 atom stereocenters. The summed E-state index contributed by atoms with van der Waals surface area (Å²) in [7, 11) is 0. The molecule has 1 saturated carbocycles. The molecule has 2 nitrogen and oxygen atoms in total. The fourth-order valence-corrected chi connectivity index (χ4v) is 3.26. The van der Waals surface area contributed by atoms with Crippen molar-refractivity contribution in [1.82, 2.24) is 5.32 Å². The lowest BCUT2D eigenvalue weighted by molar-refractivity contribution is 0.123. The predicted molar refractivity (Wildman–Crippen MR) is 76.0 cm³/mol. The molecule has 0 spiro atoms. The van der Waals surface area contributed by atoms with E-state index in [1.54, 1.807) is 0 Å². The molecule has 0 aliphatic heterocycles. The molecule has 1 fully saturated rings. The summed E-state index contributed by atoms with van der Waals surface area (Å²) in [5, 5.41) is 3.83. The zero-order valence-electron chi connectivity index (χ0n) is 12.3. The van der Waals surface area contributed by atoms with E-state index in [9.17, 15) is 0 Å². The molecule has 0 bridgehead atoms. The van der Waals surface area contributed by atoms with Crippen LogP contribution in [0.15, 0.2) is 0 Å². The average molecular weight is 240 g/mol. The average Bonchev–Trinajstić information content (AvgIpc) is 2.33. The summed E-state index contributed by atoms with van der Waals surface area (Å²) in [5.74, 6) is 2.40. The third-order valence-electron chi connectivity index (χ3n) is 5.04. The van der Waals surface area contributed by atoms with Crippen molar-refractivity contribution in [3.05, 3.63) is 0 Å². The van der Waals surface area contributed by atoms with Gasteiger partial charge >= 0.3 is 0 Å². The van der Waals surface area contributed by atoms with E-state index in [0.29, 0.717) is 5.92 Å². The molecule has 0 aromatic rings. The molecule has 1 rings (SSSR count). The first-order chi connectivity index (χ1) is 8.07. The Bertz CT molecular complexity index is 213. The zero-order valence-corrected chi connectivity index (χ0v) is 12.3. The molecule has 0 aromatic heterocycles. The van der Waals surface area contributed by atoms with Gasteiger partial charge in [-0.1, -0.05) is 40.5 Å². The van der Waals surface area contributed by atoms with E-state index in [-0.39, 0.29) is 5.54 Å². The largest absolute Gasteiger partial charge is 0.329 e. The molecular formula is C15H32N2. The topological polar surface area (TPSA) is 38.0 Å². The van der Waals surface area contributed by atoms with E-state index in [2.05, 4.69) is 33.0 Å². The summed E-state index contributed by atoms with van der Waals surface area (Å²) in [6, 6.07) is 0. The van der Waals surface area contributed by atoms with Crippen LogP contribution in [0, 0.1) is 17.8 Å². The van der Waals surface area contributed by atoms with Crippen LogP contribution in [0.3, 0.4) is 0 Å². The Morgan fingerprint density at radius 1 is 1.29 bits per heavy atom. The van der Waals surface area contributed by atoms with E-state index < -0.39 is 0 Å². The van der Waals surface area contributed by atoms with E-state index in [0.717, 1.165) is 24.9 Å². The van der Waals surface area contributed by atoms with E-state index >= 15 is 0 Å². The highest BCUT2D eigenvalue weighted by Gasteiger charge is 2.38. The third-order valence-corrected chi connectivity index (χ3v) is 5.04. The molecule has 3 N–H and O–H groups in total. The van der Waals surface area contributed by atoms with E-state index in [4.69, 9.17) is 5.73 Å². The van der Waals surface area contributed by atoms with Gasteiger partial charge in [-0.15, -0.1) is 0 Å². The summed E-state index contributed by atoms with van der Waals surface area (Å²) in [6.45, 7) is 11.3. The molecule has 0 heterocycles. The monoisotopic (exact) mass is 240 g/mol. The van der Waals surface area contributed by atoms with Gasteiger partial charge in [-0.3, -0.25) is 0 Å². The van der Waals surface area contributed by atoms with Crippen molar-refractivity contribution in [3.63, 3.8) is 0 Å². The Kier molecular flexibility index (Phi) is 5.94. The smallest absolute Gasteiger partial charge is 0.0330 e. The van der Waals surface area contributed by atoms with Gasteiger partial charge in [0, 0.05) is 12.1 Å². The van der Waals surface area contributed by atoms with Crippen LogP contribution in [0.5, 0.6) is 0 Å². The Labute approximate surface area is 108 Å². The number of hydrogen-bond donors (Lipinski definition) is 2. The van der Waals surface area contributed by atoms with Crippen molar-refractivity contribution in [3.8, 4) is 0 Å². The van der Waals surface area contributed by atoms with Gasteiger partial charge in [0.2, 0.25) is 0 Å².